The second-order valence-corrected chi connectivity index (χ2v) is 3.85. The van der Waals surface area contributed by atoms with E-state index in [0.29, 0.717) is 10.1 Å². The van der Waals surface area contributed by atoms with Crippen LogP contribution in [0.15, 0.2) is 18.2 Å². The van der Waals surface area contributed by atoms with Crippen LogP contribution in [0.25, 0.3) is 10.1 Å². The molecule has 0 unspecified atom stereocenters. The topological polar surface area (TPSA) is 89.4 Å². The monoisotopic (exact) mass is 210 g/mol. The molecule has 2 rings (SSSR count). The molecule has 0 saturated carbocycles. The van der Waals surface area contributed by atoms with Gasteiger partial charge in [-0.05, 0) is 12.1 Å². The lowest BCUT2D eigenvalue weighted by atomic mass is 10.2. The Morgan fingerprint density at radius 3 is 2.79 bits per heavy atom. The summed E-state index contributed by atoms with van der Waals surface area (Å²) in [5.41, 5.74) is 5.69. The Morgan fingerprint density at radius 2 is 2.14 bits per heavy atom. The van der Waals surface area contributed by atoms with Crippen molar-refractivity contribution >= 4 is 32.1 Å². The molecule has 0 amide bonds. The zero-order valence-electron chi connectivity index (χ0n) is 6.93. The molecule has 14 heavy (non-hydrogen) atoms. The third-order valence-electron chi connectivity index (χ3n) is 1.83. The van der Waals surface area contributed by atoms with E-state index in [1.54, 1.807) is 0 Å². The van der Waals surface area contributed by atoms with E-state index in [2.05, 4.69) is 0 Å². The average molecular weight is 210 g/mol. The van der Waals surface area contributed by atoms with E-state index < -0.39 is 4.92 Å². The predicted molar refractivity (Wildman–Crippen MR) is 54.6 cm³/mol. The van der Waals surface area contributed by atoms with Crippen LogP contribution in [0, 0.1) is 10.1 Å². The van der Waals surface area contributed by atoms with Crippen molar-refractivity contribution in [3.8, 4) is 5.75 Å². The van der Waals surface area contributed by atoms with E-state index in [1.165, 1.54) is 18.2 Å². The first kappa shape index (κ1) is 8.76. The quantitative estimate of drug-likeness (QED) is 0.326. The number of hydrogen-bond acceptors (Lipinski definition) is 5. The lowest BCUT2D eigenvalue weighted by Crippen LogP contribution is -1.83. The number of rotatable bonds is 1. The number of phenolic OH excluding ortho intramolecular Hbond substituents is 1. The number of nitro groups is 1. The number of benzene rings is 1. The summed E-state index contributed by atoms with van der Waals surface area (Å²) in [7, 11) is 0. The molecule has 0 aliphatic rings. The molecule has 1 heterocycles. The van der Waals surface area contributed by atoms with Crippen LogP contribution in [0.4, 0.5) is 10.7 Å². The fraction of sp³-hybridized carbons (Fsp3) is 0. The molecule has 1 aromatic carbocycles. The van der Waals surface area contributed by atoms with E-state index in [1.807, 2.05) is 0 Å². The normalized spacial score (nSPS) is 10.6. The van der Waals surface area contributed by atoms with E-state index in [9.17, 15) is 15.2 Å². The largest absolute Gasteiger partial charge is 0.506 e. The molecular weight excluding hydrogens is 204 g/mol. The summed E-state index contributed by atoms with van der Waals surface area (Å²) >= 11 is 1.04. The average Bonchev–Trinajstić information content (AvgIpc) is 2.48. The Morgan fingerprint density at radius 1 is 1.43 bits per heavy atom. The fourth-order valence-corrected chi connectivity index (χ4v) is 2.07. The highest BCUT2D eigenvalue weighted by Crippen LogP contribution is 2.36. The molecule has 72 valence electrons. The molecule has 0 saturated heterocycles. The third-order valence-corrected chi connectivity index (χ3v) is 2.88. The highest BCUT2D eigenvalue weighted by atomic mass is 32.1. The highest BCUT2D eigenvalue weighted by Gasteiger charge is 2.12. The molecule has 0 bridgehead atoms. The summed E-state index contributed by atoms with van der Waals surface area (Å²) in [5.74, 6) is -0.0507. The lowest BCUT2D eigenvalue weighted by molar-refractivity contribution is -0.380. The lowest BCUT2D eigenvalue weighted by Gasteiger charge is -1.96. The van der Waals surface area contributed by atoms with Gasteiger partial charge in [-0.1, -0.05) is 11.3 Å². The van der Waals surface area contributed by atoms with Crippen LogP contribution >= 0.6 is 11.3 Å². The van der Waals surface area contributed by atoms with Crippen molar-refractivity contribution in [3.05, 3.63) is 28.3 Å². The summed E-state index contributed by atoms with van der Waals surface area (Å²) in [6.45, 7) is 0. The molecule has 5 nitrogen and oxygen atoms in total. The van der Waals surface area contributed by atoms with Gasteiger partial charge in [0.25, 0.3) is 0 Å². The van der Waals surface area contributed by atoms with Crippen molar-refractivity contribution in [1.82, 2.24) is 0 Å². The molecule has 6 heteroatoms. The second-order valence-electron chi connectivity index (χ2n) is 2.79. The fourth-order valence-electron chi connectivity index (χ4n) is 1.17. The zero-order chi connectivity index (χ0) is 10.3. The van der Waals surface area contributed by atoms with Crippen molar-refractivity contribution in [3.63, 3.8) is 0 Å². The van der Waals surface area contributed by atoms with Gasteiger partial charge in [-0.2, -0.15) is 0 Å². The minimum atomic E-state index is -0.460. The van der Waals surface area contributed by atoms with E-state index >= 15 is 0 Å². The van der Waals surface area contributed by atoms with Gasteiger partial charge in [0.1, 0.15) is 5.75 Å². The summed E-state index contributed by atoms with van der Waals surface area (Å²) in [4.78, 5) is 10.0. The van der Waals surface area contributed by atoms with Crippen LogP contribution in [-0.4, -0.2) is 10.0 Å². The van der Waals surface area contributed by atoms with Gasteiger partial charge in [0, 0.05) is 16.2 Å². The molecular formula is C8H6N2O3S. The Bertz CT molecular complexity index is 482. The van der Waals surface area contributed by atoms with Crippen LogP contribution < -0.4 is 5.73 Å². The molecule has 2 aromatic rings. The number of nitrogens with zero attached hydrogens (tertiary/aromatic N) is 1. The maximum Gasteiger partial charge on any atom is 0.325 e. The minimum absolute atomic E-state index is 0.0463. The van der Waals surface area contributed by atoms with Gasteiger partial charge in [0.15, 0.2) is 0 Å². The summed E-state index contributed by atoms with van der Waals surface area (Å²) in [5, 5.41) is 20.4. The molecule has 1 aromatic heterocycles. The number of nitrogens with two attached hydrogens (primary N) is 1. The Kier molecular flexibility index (Phi) is 1.78. The number of nitrogen functional groups attached to an aromatic ring is 1. The van der Waals surface area contributed by atoms with Crippen molar-refractivity contribution in [2.75, 3.05) is 5.73 Å². The summed E-state index contributed by atoms with van der Waals surface area (Å²) in [6, 6.07) is 4.37. The zero-order valence-corrected chi connectivity index (χ0v) is 7.75. The van der Waals surface area contributed by atoms with Gasteiger partial charge in [-0.3, -0.25) is 10.1 Å². The first-order valence-corrected chi connectivity index (χ1v) is 4.56. The highest BCUT2D eigenvalue weighted by molar-refractivity contribution is 7.22. The van der Waals surface area contributed by atoms with Gasteiger partial charge in [-0.15, -0.1) is 0 Å². The standard InChI is InChI=1S/C8H6N2O3S/c9-5-3-7-4(1-6(5)11)2-8(14-7)10(12)13/h1-3,11H,9H2. The predicted octanol–water partition coefficient (Wildman–Crippen LogP) is 2.10. The molecule has 0 atom stereocenters. The number of aromatic hydroxyl groups is 1. The first-order chi connectivity index (χ1) is 6.58. The van der Waals surface area contributed by atoms with Crippen LogP contribution in [0.2, 0.25) is 0 Å². The van der Waals surface area contributed by atoms with Crippen LogP contribution in [0.3, 0.4) is 0 Å². The Hall–Kier alpha value is -1.82. The van der Waals surface area contributed by atoms with E-state index in [0.717, 1.165) is 11.3 Å². The van der Waals surface area contributed by atoms with Gasteiger partial charge in [0.05, 0.1) is 10.6 Å². The van der Waals surface area contributed by atoms with Gasteiger partial charge in [0.2, 0.25) is 0 Å². The van der Waals surface area contributed by atoms with Gasteiger partial charge >= 0.3 is 5.00 Å². The number of anilines is 1. The van der Waals surface area contributed by atoms with Gasteiger partial charge in [-0.25, -0.2) is 0 Å². The molecule has 3 N–H and O–H groups in total. The smallest absolute Gasteiger partial charge is 0.325 e. The second kappa shape index (κ2) is 2.85. The molecule has 0 aliphatic carbocycles. The Labute approximate surface area is 82.5 Å². The van der Waals surface area contributed by atoms with Crippen LogP contribution in [0.5, 0.6) is 5.75 Å². The molecule has 0 radical (unpaired) electrons. The number of hydrogen-bond donors (Lipinski definition) is 2. The SMILES string of the molecule is Nc1cc2sc([N+](=O)[O-])cc2cc1O. The van der Waals surface area contributed by atoms with Crippen LogP contribution in [0.1, 0.15) is 0 Å². The number of phenols is 1. The molecule has 0 fully saturated rings. The van der Waals surface area contributed by atoms with Crippen molar-refractivity contribution < 1.29 is 10.0 Å². The van der Waals surface area contributed by atoms with E-state index in [4.69, 9.17) is 5.73 Å². The maximum absolute atomic E-state index is 10.5. The number of thiophene rings is 1. The molecule has 0 aliphatic heterocycles. The van der Waals surface area contributed by atoms with Crippen molar-refractivity contribution in [2.24, 2.45) is 0 Å². The Balaban J connectivity index is 2.72. The molecule has 0 spiro atoms. The van der Waals surface area contributed by atoms with Crippen molar-refractivity contribution in [1.29, 1.82) is 0 Å². The summed E-state index contributed by atoms with van der Waals surface area (Å²) in [6.07, 6.45) is 0. The summed E-state index contributed by atoms with van der Waals surface area (Å²) < 4.78 is 0.701. The number of fused-ring (bicyclic) bond motifs is 1. The van der Waals surface area contributed by atoms with E-state index in [-0.39, 0.29) is 16.4 Å². The minimum Gasteiger partial charge on any atom is -0.506 e. The van der Waals surface area contributed by atoms with Crippen LogP contribution in [-0.2, 0) is 0 Å². The van der Waals surface area contributed by atoms with Gasteiger partial charge < -0.3 is 10.8 Å². The third kappa shape index (κ3) is 1.25. The maximum atomic E-state index is 10.5. The first-order valence-electron chi connectivity index (χ1n) is 3.74. The van der Waals surface area contributed by atoms with Crippen molar-refractivity contribution in [2.45, 2.75) is 0 Å².